The molecule has 110 valence electrons. The molecule has 3 aromatic rings. The summed E-state index contributed by atoms with van der Waals surface area (Å²) in [5.74, 6) is 0. The van der Waals surface area contributed by atoms with E-state index < -0.39 is 0 Å². The maximum atomic E-state index is 2.26. The zero-order valence-corrected chi connectivity index (χ0v) is 13.3. The number of rotatable bonds is 4. The zero-order chi connectivity index (χ0) is 15.4. The first-order valence-corrected chi connectivity index (χ1v) is 7.94. The van der Waals surface area contributed by atoms with Crippen LogP contribution >= 0.6 is 0 Å². The van der Waals surface area contributed by atoms with Crippen molar-refractivity contribution in [2.75, 3.05) is 0 Å². The molecule has 0 radical (unpaired) electrons. The highest BCUT2D eigenvalue weighted by Crippen LogP contribution is 2.29. The second kappa shape index (κ2) is 6.62. The van der Waals surface area contributed by atoms with Crippen molar-refractivity contribution in [1.82, 2.24) is 0 Å². The molecule has 0 saturated heterocycles. The van der Waals surface area contributed by atoms with Gasteiger partial charge in [0.25, 0.3) is 0 Å². The summed E-state index contributed by atoms with van der Waals surface area (Å²) in [6.45, 7) is 4.42. The van der Waals surface area contributed by atoms with Gasteiger partial charge in [0.1, 0.15) is 0 Å². The van der Waals surface area contributed by atoms with Crippen LogP contribution in [0.25, 0.3) is 11.1 Å². The first kappa shape index (κ1) is 14.6. The first-order chi connectivity index (χ1) is 10.8. The van der Waals surface area contributed by atoms with E-state index in [1.54, 1.807) is 0 Å². The van der Waals surface area contributed by atoms with E-state index in [1.807, 2.05) is 0 Å². The lowest BCUT2D eigenvalue weighted by Crippen LogP contribution is -1.98. The van der Waals surface area contributed by atoms with E-state index in [1.165, 1.54) is 33.4 Å². The monoisotopic (exact) mass is 286 g/mol. The van der Waals surface area contributed by atoms with Gasteiger partial charge in [-0.15, -0.1) is 0 Å². The molecule has 3 rings (SSSR count). The average molecular weight is 286 g/mol. The van der Waals surface area contributed by atoms with E-state index in [4.69, 9.17) is 0 Å². The molecule has 0 heterocycles. The van der Waals surface area contributed by atoms with Crippen LogP contribution in [-0.2, 0) is 12.8 Å². The smallest absolute Gasteiger partial charge is 0.0146 e. The van der Waals surface area contributed by atoms with Crippen molar-refractivity contribution >= 4 is 0 Å². The molecule has 0 unspecified atom stereocenters. The van der Waals surface area contributed by atoms with Gasteiger partial charge in [0.05, 0.1) is 0 Å². The molecule has 0 aliphatic carbocycles. The molecule has 0 saturated carbocycles. The summed E-state index contributed by atoms with van der Waals surface area (Å²) < 4.78 is 0. The van der Waals surface area contributed by atoms with Crippen molar-refractivity contribution in [3.05, 3.63) is 95.1 Å². The van der Waals surface area contributed by atoms with Crippen LogP contribution in [0.1, 0.15) is 22.3 Å². The molecule has 3 aromatic carbocycles. The Kier molecular flexibility index (Phi) is 4.39. The quantitative estimate of drug-likeness (QED) is 0.572. The molecule has 0 heteroatoms. The van der Waals surface area contributed by atoms with Gasteiger partial charge in [-0.05, 0) is 60.1 Å². The number of benzene rings is 3. The Hall–Kier alpha value is -2.34. The Labute approximate surface area is 133 Å². The minimum atomic E-state index is 1.08. The Morgan fingerprint density at radius 1 is 0.545 bits per heavy atom. The van der Waals surface area contributed by atoms with Crippen LogP contribution in [0.4, 0.5) is 0 Å². The van der Waals surface area contributed by atoms with E-state index in [2.05, 4.69) is 86.6 Å². The van der Waals surface area contributed by atoms with Crippen molar-refractivity contribution in [1.29, 1.82) is 0 Å². The maximum absolute atomic E-state index is 2.26. The van der Waals surface area contributed by atoms with Crippen LogP contribution in [0, 0.1) is 13.8 Å². The average Bonchev–Trinajstić information content (AvgIpc) is 2.55. The topological polar surface area (TPSA) is 0 Å². The number of aryl methyl sites for hydroxylation is 3. The summed E-state index contributed by atoms with van der Waals surface area (Å²) in [5.41, 5.74) is 8.34. The van der Waals surface area contributed by atoms with Crippen molar-refractivity contribution < 1.29 is 0 Å². The molecule has 0 aromatic heterocycles. The zero-order valence-electron chi connectivity index (χ0n) is 13.3. The molecule has 22 heavy (non-hydrogen) atoms. The normalized spacial score (nSPS) is 10.6. The van der Waals surface area contributed by atoms with Crippen molar-refractivity contribution in [3.8, 4) is 11.1 Å². The molecule has 0 N–H and O–H groups in total. The third kappa shape index (κ3) is 3.12. The molecule has 0 bridgehead atoms. The standard InChI is InChI=1S/C22H22/c1-17-9-6-7-13-20(17)22-14-8-10-18(2)21(22)16-15-19-11-4-3-5-12-19/h3-14H,15-16H2,1-2H3. The minimum absolute atomic E-state index is 1.08. The lowest BCUT2D eigenvalue weighted by molar-refractivity contribution is 0.951. The highest BCUT2D eigenvalue weighted by molar-refractivity contribution is 5.71. The SMILES string of the molecule is Cc1ccccc1-c1cccc(C)c1CCc1ccccc1. The summed E-state index contributed by atoms with van der Waals surface area (Å²) in [6.07, 6.45) is 2.17. The van der Waals surface area contributed by atoms with Gasteiger partial charge in [-0.3, -0.25) is 0 Å². The molecule has 0 nitrogen and oxygen atoms in total. The van der Waals surface area contributed by atoms with E-state index >= 15 is 0 Å². The summed E-state index contributed by atoms with van der Waals surface area (Å²) in [7, 11) is 0. The van der Waals surface area contributed by atoms with Gasteiger partial charge in [-0.25, -0.2) is 0 Å². The van der Waals surface area contributed by atoms with Crippen LogP contribution in [-0.4, -0.2) is 0 Å². The van der Waals surface area contributed by atoms with Crippen LogP contribution < -0.4 is 0 Å². The molecule has 0 amide bonds. The Morgan fingerprint density at radius 2 is 1.18 bits per heavy atom. The molecule has 0 spiro atoms. The van der Waals surface area contributed by atoms with E-state index in [-0.39, 0.29) is 0 Å². The minimum Gasteiger partial charge on any atom is -0.0622 e. The molecule has 0 atom stereocenters. The van der Waals surface area contributed by atoms with Crippen LogP contribution in [0.5, 0.6) is 0 Å². The van der Waals surface area contributed by atoms with Gasteiger partial charge in [0.15, 0.2) is 0 Å². The van der Waals surface area contributed by atoms with E-state index in [0.29, 0.717) is 0 Å². The third-order valence-corrected chi connectivity index (χ3v) is 4.35. The molecule has 0 aliphatic heterocycles. The lowest BCUT2D eigenvalue weighted by Gasteiger charge is -2.15. The van der Waals surface area contributed by atoms with Gasteiger partial charge >= 0.3 is 0 Å². The molecule has 0 fully saturated rings. The van der Waals surface area contributed by atoms with Gasteiger partial charge in [-0.2, -0.15) is 0 Å². The molecular weight excluding hydrogens is 264 g/mol. The van der Waals surface area contributed by atoms with Gasteiger partial charge < -0.3 is 0 Å². The highest BCUT2D eigenvalue weighted by atomic mass is 14.1. The fourth-order valence-electron chi connectivity index (χ4n) is 3.08. The largest absolute Gasteiger partial charge is 0.0622 e. The molecular formula is C22H22. The van der Waals surface area contributed by atoms with E-state index in [0.717, 1.165) is 12.8 Å². The van der Waals surface area contributed by atoms with Crippen molar-refractivity contribution in [3.63, 3.8) is 0 Å². The van der Waals surface area contributed by atoms with Gasteiger partial charge in [0.2, 0.25) is 0 Å². The van der Waals surface area contributed by atoms with Crippen molar-refractivity contribution in [2.24, 2.45) is 0 Å². The number of hydrogen-bond acceptors (Lipinski definition) is 0. The van der Waals surface area contributed by atoms with Crippen molar-refractivity contribution in [2.45, 2.75) is 26.7 Å². The van der Waals surface area contributed by atoms with Gasteiger partial charge in [-0.1, -0.05) is 72.8 Å². The second-order valence-corrected chi connectivity index (χ2v) is 5.90. The fraction of sp³-hybridized carbons (Fsp3) is 0.182. The summed E-state index contributed by atoms with van der Waals surface area (Å²) in [5, 5.41) is 0. The van der Waals surface area contributed by atoms with Gasteiger partial charge in [0, 0.05) is 0 Å². The molecule has 0 aliphatic rings. The van der Waals surface area contributed by atoms with Crippen LogP contribution in [0.3, 0.4) is 0 Å². The highest BCUT2D eigenvalue weighted by Gasteiger charge is 2.09. The van der Waals surface area contributed by atoms with E-state index in [9.17, 15) is 0 Å². The Bertz CT molecular complexity index is 754. The van der Waals surface area contributed by atoms with Crippen LogP contribution in [0.15, 0.2) is 72.8 Å². The Morgan fingerprint density at radius 3 is 1.95 bits per heavy atom. The first-order valence-electron chi connectivity index (χ1n) is 7.94. The fourth-order valence-corrected chi connectivity index (χ4v) is 3.08. The second-order valence-electron chi connectivity index (χ2n) is 5.90. The van der Waals surface area contributed by atoms with Crippen LogP contribution in [0.2, 0.25) is 0 Å². The third-order valence-electron chi connectivity index (χ3n) is 4.35. The predicted octanol–water partition coefficient (Wildman–Crippen LogP) is 5.76. The predicted molar refractivity (Wildman–Crippen MR) is 95.2 cm³/mol. The number of hydrogen-bond donors (Lipinski definition) is 0. The Balaban J connectivity index is 1.95. The summed E-state index contributed by atoms with van der Waals surface area (Å²) in [4.78, 5) is 0. The summed E-state index contributed by atoms with van der Waals surface area (Å²) >= 11 is 0. The maximum Gasteiger partial charge on any atom is -0.0146 e. The summed E-state index contributed by atoms with van der Waals surface area (Å²) in [6, 6.07) is 26.1. The lowest BCUT2D eigenvalue weighted by atomic mass is 9.90.